The SMILES string of the molecule is CCc1nn2c(=O)c3sc4ccccc4c3nc2s1. The van der Waals surface area contributed by atoms with Crippen LogP contribution >= 0.6 is 22.7 Å². The van der Waals surface area contributed by atoms with E-state index in [2.05, 4.69) is 10.1 Å². The van der Waals surface area contributed by atoms with E-state index in [-0.39, 0.29) is 5.56 Å². The molecule has 3 aromatic heterocycles. The Balaban J connectivity index is 2.26. The fraction of sp³-hybridized carbons (Fsp3) is 0.154. The molecule has 6 heteroatoms. The fourth-order valence-electron chi connectivity index (χ4n) is 2.15. The van der Waals surface area contributed by atoms with Gasteiger partial charge in [0.2, 0.25) is 4.96 Å². The van der Waals surface area contributed by atoms with E-state index in [9.17, 15) is 4.79 Å². The highest BCUT2D eigenvalue weighted by Crippen LogP contribution is 2.30. The minimum atomic E-state index is -0.0582. The second-order valence-electron chi connectivity index (χ2n) is 4.24. The standard InChI is InChI=1S/C13H9N3OS2/c1-2-9-15-16-12(17)11-10(14-13(16)19-9)7-5-3-4-6-8(7)18-11/h3-6H,2H2,1H3. The molecule has 0 saturated carbocycles. The van der Waals surface area contributed by atoms with Crippen LogP contribution in [0.1, 0.15) is 11.9 Å². The van der Waals surface area contributed by atoms with Gasteiger partial charge in [-0.2, -0.15) is 9.61 Å². The fourth-order valence-corrected chi connectivity index (χ4v) is 4.04. The van der Waals surface area contributed by atoms with Crippen LogP contribution in [0.5, 0.6) is 0 Å². The van der Waals surface area contributed by atoms with Crippen molar-refractivity contribution >= 4 is 47.9 Å². The van der Waals surface area contributed by atoms with Crippen LogP contribution in [0.3, 0.4) is 0 Å². The predicted octanol–water partition coefficient (Wildman–Crippen LogP) is 3.08. The Morgan fingerprint density at radius 3 is 2.95 bits per heavy atom. The Hall–Kier alpha value is -1.79. The molecular weight excluding hydrogens is 278 g/mol. The zero-order chi connectivity index (χ0) is 13.0. The van der Waals surface area contributed by atoms with Crippen molar-refractivity contribution in [3.8, 4) is 0 Å². The third kappa shape index (κ3) is 1.47. The molecule has 0 aliphatic carbocycles. The van der Waals surface area contributed by atoms with E-state index in [0.717, 1.165) is 27.0 Å². The maximum absolute atomic E-state index is 12.5. The molecule has 0 aliphatic rings. The van der Waals surface area contributed by atoms with Crippen LogP contribution in [-0.2, 0) is 6.42 Å². The summed E-state index contributed by atoms with van der Waals surface area (Å²) in [5, 5.41) is 6.30. The van der Waals surface area contributed by atoms with Crippen LogP contribution < -0.4 is 5.56 Å². The molecule has 0 radical (unpaired) electrons. The number of hydrogen-bond donors (Lipinski definition) is 0. The first-order valence-electron chi connectivity index (χ1n) is 5.98. The van der Waals surface area contributed by atoms with Crippen LogP contribution in [-0.4, -0.2) is 14.6 Å². The van der Waals surface area contributed by atoms with Crippen molar-refractivity contribution in [3.63, 3.8) is 0 Å². The summed E-state index contributed by atoms with van der Waals surface area (Å²) in [5.41, 5.74) is 0.744. The number of fused-ring (bicyclic) bond motifs is 4. The number of thiophene rings is 1. The molecule has 94 valence electrons. The molecule has 0 aliphatic heterocycles. The van der Waals surface area contributed by atoms with Crippen LogP contribution in [0.25, 0.3) is 25.3 Å². The molecule has 3 heterocycles. The number of rotatable bonds is 1. The third-order valence-electron chi connectivity index (χ3n) is 3.07. The van der Waals surface area contributed by atoms with Crippen molar-refractivity contribution in [1.29, 1.82) is 0 Å². The molecular formula is C13H9N3OS2. The van der Waals surface area contributed by atoms with Gasteiger partial charge < -0.3 is 0 Å². The molecule has 0 bridgehead atoms. The topological polar surface area (TPSA) is 47.3 Å². The van der Waals surface area contributed by atoms with E-state index in [4.69, 9.17) is 0 Å². The van der Waals surface area contributed by atoms with Gasteiger partial charge in [-0.25, -0.2) is 4.98 Å². The molecule has 0 amide bonds. The van der Waals surface area contributed by atoms with E-state index in [0.29, 0.717) is 9.66 Å². The summed E-state index contributed by atoms with van der Waals surface area (Å²) < 4.78 is 3.21. The highest BCUT2D eigenvalue weighted by atomic mass is 32.1. The smallest absolute Gasteiger partial charge is 0.266 e. The molecule has 4 nitrogen and oxygen atoms in total. The van der Waals surface area contributed by atoms with Crippen molar-refractivity contribution in [1.82, 2.24) is 14.6 Å². The van der Waals surface area contributed by atoms with Gasteiger partial charge in [0.05, 0.1) is 5.52 Å². The highest BCUT2D eigenvalue weighted by molar-refractivity contribution is 7.25. The molecule has 0 N–H and O–H groups in total. The minimum absolute atomic E-state index is 0.0582. The Kier molecular flexibility index (Phi) is 2.24. The Morgan fingerprint density at radius 2 is 2.11 bits per heavy atom. The van der Waals surface area contributed by atoms with E-state index < -0.39 is 0 Å². The zero-order valence-electron chi connectivity index (χ0n) is 10.1. The Labute approximate surface area is 116 Å². The number of nitrogens with zero attached hydrogens (tertiary/aromatic N) is 3. The average Bonchev–Trinajstić information content (AvgIpc) is 3.01. The van der Waals surface area contributed by atoms with Gasteiger partial charge in [0.25, 0.3) is 5.56 Å². The summed E-state index contributed by atoms with van der Waals surface area (Å²) in [6.45, 7) is 2.03. The zero-order valence-corrected chi connectivity index (χ0v) is 11.7. The molecule has 19 heavy (non-hydrogen) atoms. The van der Waals surface area contributed by atoms with Gasteiger partial charge >= 0.3 is 0 Å². The van der Waals surface area contributed by atoms with Crippen LogP contribution in [0.2, 0.25) is 0 Å². The Bertz CT molecular complexity index is 980. The average molecular weight is 287 g/mol. The van der Waals surface area contributed by atoms with E-state index in [1.807, 2.05) is 31.2 Å². The molecule has 0 unspecified atom stereocenters. The van der Waals surface area contributed by atoms with Crippen LogP contribution in [0, 0.1) is 0 Å². The van der Waals surface area contributed by atoms with E-state index in [1.54, 1.807) is 0 Å². The lowest BCUT2D eigenvalue weighted by Crippen LogP contribution is -2.13. The predicted molar refractivity (Wildman–Crippen MR) is 79.4 cm³/mol. The van der Waals surface area contributed by atoms with Crippen LogP contribution in [0.4, 0.5) is 0 Å². The normalized spacial score (nSPS) is 11.8. The first-order chi connectivity index (χ1) is 9.28. The first-order valence-corrected chi connectivity index (χ1v) is 7.61. The quantitative estimate of drug-likeness (QED) is 0.540. The molecule has 1 aromatic carbocycles. The van der Waals surface area contributed by atoms with Gasteiger partial charge in [-0.1, -0.05) is 36.5 Å². The number of aromatic nitrogens is 3. The number of aryl methyl sites for hydroxylation is 1. The summed E-state index contributed by atoms with van der Waals surface area (Å²) in [6.07, 6.45) is 0.821. The van der Waals surface area contributed by atoms with E-state index in [1.165, 1.54) is 27.2 Å². The van der Waals surface area contributed by atoms with Crippen molar-refractivity contribution in [2.45, 2.75) is 13.3 Å². The highest BCUT2D eigenvalue weighted by Gasteiger charge is 2.14. The summed E-state index contributed by atoms with van der Waals surface area (Å²) in [4.78, 5) is 17.8. The second kappa shape index (κ2) is 3.85. The van der Waals surface area contributed by atoms with Crippen molar-refractivity contribution in [3.05, 3.63) is 39.6 Å². The van der Waals surface area contributed by atoms with E-state index >= 15 is 0 Å². The lowest BCUT2D eigenvalue weighted by atomic mass is 10.2. The summed E-state index contributed by atoms with van der Waals surface area (Å²) >= 11 is 2.97. The first kappa shape index (κ1) is 11.1. The lowest BCUT2D eigenvalue weighted by Gasteiger charge is -1.91. The van der Waals surface area contributed by atoms with Gasteiger partial charge in [0.1, 0.15) is 9.71 Å². The summed E-state index contributed by atoms with van der Waals surface area (Å²) in [6, 6.07) is 7.98. The Morgan fingerprint density at radius 1 is 1.26 bits per heavy atom. The van der Waals surface area contributed by atoms with Crippen molar-refractivity contribution in [2.24, 2.45) is 0 Å². The number of benzene rings is 1. The maximum atomic E-state index is 12.5. The molecule has 0 atom stereocenters. The number of hydrogen-bond acceptors (Lipinski definition) is 5. The molecule has 0 saturated heterocycles. The van der Waals surface area contributed by atoms with Gasteiger partial charge in [-0.05, 0) is 12.5 Å². The van der Waals surface area contributed by atoms with Crippen molar-refractivity contribution < 1.29 is 0 Å². The van der Waals surface area contributed by atoms with Gasteiger partial charge in [0.15, 0.2) is 0 Å². The molecule has 4 rings (SSSR count). The third-order valence-corrected chi connectivity index (χ3v) is 5.27. The van der Waals surface area contributed by atoms with Gasteiger partial charge in [-0.3, -0.25) is 4.79 Å². The molecule has 0 spiro atoms. The second-order valence-corrected chi connectivity index (χ2v) is 6.33. The van der Waals surface area contributed by atoms with Crippen molar-refractivity contribution in [2.75, 3.05) is 0 Å². The molecule has 4 aromatic rings. The monoisotopic (exact) mass is 287 g/mol. The largest absolute Gasteiger partial charge is 0.293 e. The van der Waals surface area contributed by atoms with Gasteiger partial charge in [-0.15, -0.1) is 11.3 Å². The maximum Gasteiger partial charge on any atom is 0.293 e. The molecule has 0 fully saturated rings. The van der Waals surface area contributed by atoms with Crippen LogP contribution in [0.15, 0.2) is 29.1 Å². The lowest BCUT2D eigenvalue weighted by molar-refractivity contribution is 0.872. The summed E-state index contributed by atoms with van der Waals surface area (Å²) in [7, 11) is 0. The minimum Gasteiger partial charge on any atom is -0.266 e. The van der Waals surface area contributed by atoms with Gasteiger partial charge in [0, 0.05) is 10.1 Å². The summed E-state index contributed by atoms with van der Waals surface area (Å²) in [5.74, 6) is 0.